The molecule has 0 radical (unpaired) electrons. The summed E-state index contributed by atoms with van der Waals surface area (Å²) in [5.41, 5.74) is 16.1. The minimum absolute atomic E-state index is 0.341. The molecule has 0 unspecified atom stereocenters. The van der Waals surface area contributed by atoms with Gasteiger partial charge in [0.05, 0.1) is 29.9 Å². The van der Waals surface area contributed by atoms with Crippen LogP contribution >= 0.6 is 0 Å². The molecule has 7 heteroatoms. The van der Waals surface area contributed by atoms with Gasteiger partial charge in [-0.25, -0.2) is 14.8 Å². The van der Waals surface area contributed by atoms with E-state index in [0.29, 0.717) is 17.0 Å². The van der Waals surface area contributed by atoms with Crippen LogP contribution in [-0.2, 0) is 4.74 Å². The van der Waals surface area contributed by atoms with Gasteiger partial charge in [0, 0.05) is 61.6 Å². The molecular weight excluding hydrogens is 679 g/mol. The fourth-order valence-electron chi connectivity index (χ4n) is 7.87. The molecule has 0 fully saturated rings. The Labute approximate surface area is 316 Å². The molecule has 0 spiro atoms. The Morgan fingerprint density at radius 3 is 1.31 bits per heavy atom. The number of carbonyl (C=O) groups is 1. The Hall–Kier alpha value is -7.51. The molecule has 10 rings (SSSR count). The third kappa shape index (κ3) is 5.40. The first kappa shape index (κ1) is 32.2. The number of nitrogens with zero attached hydrogens (tertiary/aromatic N) is 2. The SMILES string of the molecule is COC(=O)c1[nH]cc2c1-c1nc-2c(-c2ccccc2)c2ccc([nH]2)c(-c2ccccc2)c2nc(c(-c3ccccc3)c3ccc([nH]3)c1-c1ccccc1)C=C2. The van der Waals surface area contributed by atoms with Crippen LogP contribution in [0.25, 0.3) is 101 Å². The molecule has 0 aliphatic carbocycles. The highest BCUT2D eigenvalue weighted by atomic mass is 16.5. The van der Waals surface area contributed by atoms with Crippen LogP contribution in [-0.4, -0.2) is 38.0 Å². The smallest absolute Gasteiger partial charge is 0.355 e. The van der Waals surface area contributed by atoms with Gasteiger partial charge >= 0.3 is 5.97 Å². The molecule has 8 aromatic rings. The molecule has 7 nitrogen and oxygen atoms in total. The molecule has 2 aliphatic rings. The molecule has 0 atom stereocenters. The van der Waals surface area contributed by atoms with E-state index in [1.54, 1.807) is 0 Å². The van der Waals surface area contributed by atoms with E-state index in [0.717, 1.165) is 89.2 Å². The van der Waals surface area contributed by atoms with E-state index in [1.807, 2.05) is 66.9 Å². The second-order valence-electron chi connectivity index (χ2n) is 13.5. The van der Waals surface area contributed by atoms with Gasteiger partial charge in [0.25, 0.3) is 0 Å². The summed E-state index contributed by atoms with van der Waals surface area (Å²) in [6.07, 6.45) is 6.08. The maximum absolute atomic E-state index is 13.5. The van der Waals surface area contributed by atoms with Crippen molar-refractivity contribution in [3.8, 4) is 67.0 Å². The second-order valence-corrected chi connectivity index (χ2v) is 13.5. The molecule has 3 N–H and O–H groups in total. The molecule has 8 bridgehead atoms. The van der Waals surface area contributed by atoms with Crippen LogP contribution in [0, 0.1) is 0 Å². The summed E-state index contributed by atoms with van der Waals surface area (Å²) in [7, 11) is 1.40. The number of nitrogens with one attached hydrogen (secondary N) is 3. The zero-order chi connectivity index (χ0) is 36.9. The van der Waals surface area contributed by atoms with Crippen molar-refractivity contribution < 1.29 is 9.53 Å². The van der Waals surface area contributed by atoms with Gasteiger partial charge in [-0.1, -0.05) is 121 Å². The zero-order valence-electron chi connectivity index (χ0n) is 29.8. The number of hydrogen-bond acceptors (Lipinski definition) is 4. The van der Waals surface area contributed by atoms with Gasteiger partial charge < -0.3 is 19.7 Å². The van der Waals surface area contributed by atoms with Crippen LogP contribution in [0.2, 0.25) is 0 Å². The fraction of sp³-hybridized carbons (Fsp3) is 0.0208. The number of benzene rings is 4. The molecule has 55 heavy (non-hydrogen) atoms. The average Bonchev–Trinajstić information content (AvgIpc) is 4.09. The van der Waals surface area contributed by atoms with Gasteiger partial charge in [-0.05, 0) is 58.7 Å². The Kier molecular flexibility index (Phi) is 7.70. The number of aromatic nitrogens is 5. The first-order valence-corrected chi connectivity index (χ1v) is 18.2. The highest BCUT2D eigenvalue weighted by Gasteiger charge is 2.31. The number of carbonyl (C=O) groups excluding carboxylic acids is 1. The second kappa shape index (κ2) is 13.2. The van der Waals surface area contributed by atoms with E-state index in [-0.39, 0.29) is 0 Å². The first-order valence-electron chi connectivity index (χ1n) is 18.2. The largest absolute Gasteiger partial charge is 0.464 e. The standard InChI is InChI=1S/C48H33N5O2/c1-55-48(54)47-44-33(28-49-47)45-42(31-18-10-4-11-19-31)38-26-24-36(51-38)40(29-14-6-2-7-15-29)34-22-23-35(50-34)41(30-16-8-3-9-17-30)37-25-27-39(52-37)43(46(44)53-45)32-20-12-5-13-21-32/h2-28,49,51-52H,1H3. The maximum Gasteiger partial charge on any atom is 0.355 e. The molecule has 262 valence electrons. The predicted molar refractivity (Wildman–Crippen MR) is 222 cm³/mol. The molecule has 6 heterocycles. The Morgan fingerprint density at radius 2 is 0.873 bits per heavy atom. The van der Waals surface area contributed by atoms with Crippen molar-refractivity contribution in [1.29, 1.82) is 0 Å². The molecule has 4 aromatic carbocycles. The van der Waals surface area contributed by atoms with Crippen molar-refractivity contribution in [3.05, 3.63) is 169 Å². The van der Waals surface area contributed by atoms with Gasteiger partial charge in [0.1, 0.15) is 5.69 Å². The van der Waals surface area contributed by atoms with Crippen molar-refractivity contribution in [2.75, 3.05) is 7.11 Å². The summed E-state index contributed by atoms with van der Waals surface area (Å²) >= 11 is 0. The summed E-state index contributed by atoms with van der Waals surface area (Å²) in [6, 6.07) is 49.6. The Balaban J connectivity index is 1.46. The topological polar surface area (TPSA) is 99.5 Å². The summed E-state index contributed by atoms with van der Waals surface area (Å²) in [5.74, 6) is -0.469. The number of fused-ring (bicyclic) bond motifs is 11. The van der Waals surface area contributed by atoms with Crippen LogP contribution in [0.4, 0.5) is 0 Å². The molecule has 4 aromatic heterocycles. The van der Waals surface area contributed by atoms with Crippen LogP contribution in [0.5, 0.6) is 0 Å². The van der Waals surface area contributed by atoms with Crippen molar-refractivity contribution in [3.63, 3.8) is 0 Å². The van der Waals surface area contributed by atoms with Gasteiger partial charge in [-0.2, -0.15) is 0 Å². The van der Waals surface area contributed by atoms with Crippen LogP contribution in [0.1, 0.15) is 21.9 Å². The number of H-pyrrole nitrogens is 3. The normalized spacial score (nSPS) is 11.7. The van der Waals surface area contributed by atoms with Gasteiger partial charge in [0.15, 0.2) is 0 Å². The highest BCUT2D eigenvalue weighted by molar-refractivity contribution is 6.10. The lowest BCUT2D eigenvalue weighted by molar-refractivity contribution is 0.0595. The molecular formula is C48H33N5O2. The maximum atomic E-state index is 13.5. The van der Waals surface area contributed by atoms with Crippen LogP contribution in [0.3, 0.4) is 0 Å². The summed E-state index contributed by atoms with van der Waals surface area (Å²) in [6.45, 7) is 0. The van der Waals surface area contributed by atoms with Gasteiger partial charge in [-0.3, -0.25) is 0 Å². The van der Waals surface area contributed by atoms with E-state index in [4.69, 9.17) is 14.7 Å². The molecule has 0 saturated carbocycles. The van der Waals surface area contributed by atoms with E-state index in [2.05, 4.69) is 112 Å². The molecule has 2 aliphatic heterocycles. The zero-order valence-corrected chi connectivity index (χ0v) is 29.8. The minimum atomic E-state index is -0.469. The van der Waals surface area contributed by atoms with Crippen molar-refractivity contribution in [2.45, 2.75) is 0 Å². The average molecular weight is 712 g/mol. The minimum Gasteiger partial charge on any atom is -0.464 e. The summed E-state index contributed by atoms with van der Waals surface area (Å²) in [5, 5.41) is 0. The first-order chi connectivity index (χ1) is 27.2. The van der Waals surface area contributed by atoms with Gasteiger partial charge in [-0.15, -0.1) is 0 Å². The summed E-state index contributed by atoms with van der Waals surface area (Å²) < 4.78 is 5.34. The van der Waals surface area contributed by atoms with E-state index < -0.39 is 5.97 Å². The predicted octanol–water partition coefficient (Wildman–Crippen LogP) is 11.6. The highest BCUT2D eigenvalue weighted by Crippen LogP contribution is 2.48. The lowest BCUT2D eigenvalue weighted by Crippen LogP contribution is -2.03. The van der Waals surface area contributed by atoms with Crippen LogP contribution in [0.15, 0.2) is 152 Å². The lowest BCUT2D eigenvalue weighted by atomic mass is 9.96. The van der Waals surface area contributed by atoms with Gasteiger partial charge in [0.2, 0.25) is 0 Å². The fourth-order valence-corrected chi connectivity index (χ4v) is 7.87. The Morgan fingerprint density at radius 1 is 0.473 bits per heavy atom. The van der Waals surface area contributed by atoms with E-state index >= 15 is 0 Å². The van der Waals surface area contributed by atoms with Crippen molar-refractivity contribution in [1.82, 2.24) is 24.9 Å². The number of esters is 1. The quantitative estimate of drug-likeness (QED) is 0.155. The number of hydrogen-bond donors (Lipinski definition) is 3. The van der Waals surface area contributed by atoms with E-state index in [9.17, 15) is 4.79 Å². The van der Waals surface area contributed by atoms with Crippen molar-refractivity contribution in [2.24, 2.45) is 0 Å². The molecule has 0 saturated heterocycles. The molecule has 0 amide bonds. The lowest BCUT2D eigenvalue weighted by Gasteiger charge is -2.08. The third-order valence-electron chi connectivity index (χ3n) is 10.3. The summed E-state index contributed by atoms with van der Waals surface area (Å²) in [4.78, 5) is 35.3. The van der Waals surface area contributed by atoms with Crippen LogP contribution < -0.4 is 0 Å². The Bertz CT molecular complexity index is 2960. The number of rotatable bonds is 5. The number of aromatic amines is 3. The van der Waals surface area contributed by atoms with Crippen molar-refractivity contribution >= 4 is 40.2 Å². The number of methoxy groups -OCH3 is 1. The monoisotopic (exact) mass is 711 g/mol. The number of ether oxygens (including phenoxy) is 1. The third-order valence-corrected chi connectivity index (χ3v) is 10.3. The van der Waals surface area contributed by atoms with E-state index in [1.165, 1.54) is 7.11 Å².